The quantitative estimate of drug-likeness (QED) is 0.548. The third-order valence-electron chi connectivity index (χ3n) is 1.58. The zero-order valence-corrected chi connectivity index (χ0v) is 8.50. The highest BCUT2D eigenvalue weighted by Gasteiger charge is 1.93. The highest BCUT2D eigenvalue weighted by molar-refractivity contribution is 7.77. The number of hydrogen-bond acceptors (Lipinski definition) is 2. The summed E-state index contributed by atoms with van der Waals surface area (Å²) >= 11 is -1.94. The Labute approximate surface area is 85.7 Å². The van der Waals surface area contributed by atoms with Gasteiger partial charge in [-0.1, -0.05) is 30.3 Å². The van der Waals surface area contributed by atoms with E-state index in [9.17, 15) is 4.21 Å². The SMILES string of the molecule is O=S(O)NCCOCc1ccccc1. The van der Waals surface area contributed by atoms with Crippen LogP contribution in [0.1, 0.15) is 5.56 Å². The maximum Gasteiger partial charge on any atom is 0.231 e. The fourth-order valence-corrected chi connectivity index (χ4v) is 1.22. The molecule has 4 nitrogen and oxygen atoms in total. The van der Waals surface area contributed by atoms with Gasteiger partial charge in [-0.2, -0.15) is 0 Å². The Balaban J connectivity index is 2.08. The zero-order valence-electron chi connectivity index (χ0n) is 7.68. The first-order valence-corrected chi connectivity index (χ1v) is 5.36. The molecule has 1 atom stereocenters. The summed E-state index contributed by atoms with van der Waals surface area (Å²) in [5.41, 5.74) is 1.10. The molecule has 2 N–H and O–H groups in total. The summed E-state index contributed by atoms with van der Waals surface area (Å²) in [5.74, 6) is 0. The molecular weight excluding hydrogens is 202 g/mol. The Morgan fingerprint density at radius 1 is 1.36 bits per heavy atom. The zero-order chi connectivity index (χ0) is 10.2. The van der Waals surface area contributed by atoms with Crippen molar-refractivity contribution in [1.82, 2.24) is 4.72 Å². The number of nitrogens with one attached hydrogen (secondary N) is 1. The Hall–Kier alpha value is -0.750. The van der Waals surface area contributed by atoms with E-state index >= 15 is 0 Å². The van der Waals surface area contributed by atoms with Gasteiger partial charge in [0.05, 0.1) is 13.2 Å². The topological polar surface area (TPSA) is 58.6 Å². The summed E-state index contributed by atoms with van der Waals surface area (Å²) in [6.45, 7) is 1.32. The minimum Gasteiger partial charge on any atom is -0.375 e. The molecule has 0 aromatic heterocycles. The van der Waals surface area contributed by atoms with Gasteiger partial charge >= 0.3 is 0 Å². The molecule has 0 aliphatic rings. The highest BCUT2D eigenvalue weighted by Crippen LogP contribution is 1.99. The van der Waals surface area contributed by atoms with E-state index in [4.69, 9.17) is 9.29 Å². The minimum absolute atomic E-state index is 0.371. The first-order chi connectivity index (χ1) is 6.79. The van der Waals surface area contributed by atoms with E-state index in [-0.39, 0.29) is 0 Å². The Bertz CT molecular complexity index is 279. The van der Waals surface area contributed by atoms with Gasteiger partial charge in [0.15, 0.2) is 0 Å². The molecule has 0 amide bonds. The van der Waals surface area contributed by atoms with Crippen LogP contribution in [0.4, 0.5) is 0 Å². The predicted octanol–water partition coefficient (Wildman–Crippen LogP) is 0.929. The maximum absolute atomic E-state index is 10.2. The highest BCUT2D eigenvalue weighted by atomic mass is 32.2. The fraction of sp³-hybridized carbons (Fsp3) is 0.333. The minimum atomic E-state index is -1.94. The molecule has 0 radical (unpaired) electrons. The van der Waals surface area contributed by atoms with E-state index in [1.165, 1.54) is 0 Å². The summed E-state index contributed by atoms with van der Waals surface area (Å²) in [7, 11) is 0. The molecule has 0 fully saturated rings. The van der Waals surface area contributed by atoms with Gasteiger partial charge < -0.3 is 4.74 Å². The number of benzene rings is 1. The molecule has 1 aromatic carbocycles. The third-order valence-corrected chi connectivity index (χ3v) is 2.03. The van der Waals surface area contributed by atoms with Crippen LogP contribution in [-0.4, -0.2) is 21.9 Å². The van der Waals surface area contributed by atoms with Crippen molar-refractivity contribution in [2.75, 3.05) is 13.2 Å². The molecule has 0 heterocycles. The molecule has 78 valence electrons. The van der Waals surface area contributed by atoms with Crippen LogP contribution >= 0.6 is 0 Å². The number of rotatable bonds is 6. The molecule has 0 saturated heterocycles. The average molecular weight is 215 g/mol. The Morgan fingerprint density at radius 3 is 2.71 bits per heavy atom. The molecule has 14 heavy (non-hydrogen) atoms. The van der Waals surface area contributed by atoms with Gasteiger partial charge in [-0.3, -0.25) is 4.55 Å². The van der Waals surface area contributed by atoms with E-state index in [0.717, 1.165) is 5.56 Å². The van der Waals surface area contributed by atoms with Gasteiger partial charge in [0, 0.05) is 6.54 Å². The van der Waals surface area contributed by atoms with Crippen LogP contribution in [0.2, 0.25) is 0 Å². The first kappa shape index (κ1) is 11.3. The van der Waals surface area contributed by atoms with Gasteiger partial charge in [-0.05, 0) is 5.56 Å². The smallest absolute Gasteiger partial charge is 0.231 e. The van der Waals surface area contributed by atoms with E-state index in [1.807, 2.05) is 30.3 Å². The lowest BCUT2D eigenvalue weighted by Crippen LogP contribution is -2.21. The number of hydrogen-bond donors (Lipinski definition) is 2. The van der Waals surface area contributed by atoms with E-state index in [1.54, 1.807) is 0 Å². The Morgan fingerprint density at radius 2 is 2.07 bits per heavy atom. The van der Waals surface area contributed by atoms with Gasteiger partial charge in [0.2, 0.25) is 11.3 Å². The molecule has 0 aliphatic carbocycles. The van der Waals surface area contributed by atoms with Crippen LogP contribution in [0.15, 0.2) is 30.3 Å². The summed E-state index contributed by atoms with van der Waals surface area (Å²) in [5, 5.41) is 0. The summed E-state index contributed by atoms with van der Waals surface area (Å²) in [6, 6.07) is 9.77. The van der Waals surface area contributed by atoms with Crippen molar-refractivity contribution in [3.8, 4) is 0 Å². The van der Waals surface area contributed by atoms with Crippen molar-refractivity contribution in [2.24, 2.45) is 0 Å². The average Bonchev–Trinajstić information content (AvgIpc) is 2.18. The molecule has 1 rings (SSSR count). The first-order valence-electron chi connectivity index (χ1n) is 4.25. The molecule has 0 bridgehead atoms. The molecule has 0 spiro atoms. The monoisotopic (exact) mass is 215 g/mol. The molecule has 1 aromatic rings. The lowest BCUT2D eigenvalue weighted by molar-refractivity contribution is 0.126. The van der Waals surface area contributed by atoms with Crippen molar-refractivity contribution < 1.29 is 13.5 Å². The second-order valence-corrected chi connectivity index (χ2v) is 3.47. The second-order valence-electron chi connectivity index (χ2n) is 2.68. The fourth-order valence-electron chi connectivity index (χ4n) is 0.965. The second kappa shape index (κ2) is 6.67. The van der Waals surface area contributed by atoms with Gasteiger partial charge in [-0.25, -0.2) is 8.93 Å². The van der Waals surface area contributed by atoms with Crippen molar-refractivity contribution in [2.45, 2.75) is 6.61 Å². The van der Waals surface area contributed by atoms with Crippen LogP contribution < -0.4 is 4.72 Å². The van der Waals surface area contributed by atoms with Gasteiger partial charge in [0.1, 0.15) is 0 Å². The maximum atomic E-state index is 10.2. The lowest BCUT2D eigenvalue weighted by Gasteiger charge is -2.03. The van der Waals surface area contributed by atoms with Crippen LogP contribution in [0, 0.1) is 0 Å². The summed E-state index contributed by atoms with van der Waals surface area (Å²) < 4.78 is 26.1. The van der Waals surface area contributed by atoms with Gasteiger partial charge in [-0.15, -0.1) is 0 Å². The molecular formula is C9H13NO3S. The normalized spacial score (nSPS) is 12.6. The van der Waals surface area contributed by atoms with Gasteiger partial charge in [0.25, 0.3) is 0 Å². The molecule has 1 unspecified atom stereocenters. The van der Waals surface area contributed by atoms with Crippen LogP contribution in [0.3, 0.4) is 0 Å². The van der Waals surface area contributed by atoms with Crippen LogP contribution in [-0.2, 0) is 22.6 Å². The summed E-state index contributed by atoms with van der Waals surface area (Å²) in [4.78, 5) is 0. The van der Waals surface area contributed by atoms with Crippen molar-refractivity contribution >= 4 is 11.3 Å². The van der Waals surface area contributed by atoms with Crippen molar-refractivity contribution in [3.63, 3.8) is 0 Å². The van der Waals surface area contributed by atoms with Crippen LogP contribution in [0.5, 0.6) is 0 Å². The summed E-state index contributed by atoms with van der Waals surface area (Å²) in [6.07, 6.45) is 0. The van der Waals surface area contributed by atoms with E-state index < -0.39 is 11.3 Å². The Kier molecular flexibility index (Phi) is 5.39. The largest absolute Gasteiger partial charge is 0.375 e. The predicted molar refractivity (Wildman–Crippen MR) is 54.9 cm³/mol. The molecule has 5 heteroatoms. The van der Waals surface area contributed by atoms with E-state index in [2.05, 4.69) is 4.72 Å². The third kappa shape index (κ3) is 5.08. The molecule has 0 saturated carbocycles. The van der Waals surface area contributed by atoms with Crippen molar-refractivity contribution in [3.05, 3.63) is 35.9 Å². The number of ether oxygens (including phenoxy) is 1. The standard InChI is InChI=1S/C9H13NO3S/c11-14(12)10-6-7-13-8-9-4-2-1-3-5-9/h1-5,10H,6-8H2,(H,11,12). The van der Waals surface area contributed by atoms with Crippen LogP contribution in [0.25, 0.3) is 0 Å². The molecule has 0 aliphatic heterocycles. The van der Waals surface area contributed by atoms with E-state index in [0.29, 0.717) is 19.8 Å². The lowest BCUT2D eigenvalue weighted by atomic mass is 10.2. The van der Waals surface area contributed by atoms with Crippen molar-refractivity contribution in [1.29, 1.82) is 0 Å².